The first-order chi connectivity index (χ1) is 0. The zero-order valence-electron chi connectivity index (χ0n) is 0.500. The van der Waals surface area contributed by atoms with Crippen LogP contribution in [-0.2, 0) is 0 Å². The summed E-state index contributed by atoms with van der Waals surface area (Å²) in [5.41, 5.74) is 0. The van der Waals surface area contributed by atoms with Gasteiger partial charge in [-0.3, -0.25) is 0 Å². The molecule has 0 aromatic rings. The van der Waals surface area contributed by atoms with Crippen molar-refractivity contribution >= 4 is 85.3 Å². The van der Waals surface area contributed by atoms with Crippen LogP contribution in [0.3, 0.4) is 0 Å². The predicted molar refractivity (Wildman–Crippen MR) is 38.8 cm³/mol. The standard InChI is InChI=1S/Ca.Mg.H2S.H4Si.4H/h;;1H2;1H4;;;;. The van der Waals surface area contributed by atoms with E-state index in [1.54, 1.807) is 0 Å². The van der Waals surface area contributed by atoms with Gasteiger partial charge in [-0.15, -0.1) is 0 Å². The molecular weight excluding hydrogens is 125 g/mol. The van der Waals surface area contributed by atoms with Crippen LogP contribution in [0, 0.1) is 0 Å². The second-order valence-corrected chi connectivity index (χ2v) is 0. The van der Waals surface area contributed by atoms with Gasteiger partial charge < -0.3 is 0 Å². The van der Waals surface area contributed by atoms with Gasteiger partial charge in [0.05, 0.1) is 0 Å². The third-order valence-electron chi connectivity index (χ3n) is 0. The van der Waals surface area contributed by atoms with Crippen LogP contribution in [-0.4, -0.2) is 71.8 Å². The van der Waals surface area contributed by atoms with E-state index < -0.39 is 0 Å². The average molecular weight is 135 g/mol. The molecule has 0 aliphatic heterocycles. The SMILES string of the molecule is S.[CaH2].[MgH2].[SiH4]. The quantitative estimate of drug-likeness (QED) is 0.307. The van der Waals surface area contributed by atoms with Crippen LogP contribution in [0.1, 0.15) is 0 Å². The summed E-state index contributed by atoms with van der Waals surface area (Å²) in [5.74, 6) is 0. The van der Waals surface area contributed by atoms with Crippen molar-refractivity contribution in [2.45, 2.75) is 0 Å². The van der Waals surface area contributed by atoms with Gasteiger partial charge in [-0.25, -0.2) is 0 Å². The minimum absolute atomic E-state index is 0. The number of rotatable bonds is 0. The first-order valence-electron chi connectivity index (χ1n) is 0. The molecule has 0 aromatic heterocycles. The van der Waals surface area contributed by atoms with Crippen LogP contribution in [0.5, 0.6) is 0 Å². The molecule has 0 amide bonds. The molecule has 0 spiro atoms. The molecule has 0 radical (unpaired) electrons. The molecule has 0 saturated carbocycles. The van der Waals surface area contributed by atoms with Gasteiger partial charge in [0.15, 0.2) is 0 Å². The maximum atomic E-state index is 0. The Morgan fingerprint density at radius 3 is 1.00 bits per heavy atom. The van der Waals surface area contributed by atoms with E-state index in [4.69, 9.17) is 0 Å². The Bertz CT molecular complexity index is 8.00. The maximum absolute atomic E-state index is 0. The minimum Gasteiger partial charge on any atom is -0.0149 e. The van der Waals surface area contributed by atoms with Crippen molar-refractivity contribution in [1.82, 2.24) is 0 Å². The molecule has 0 nitrogen and oxygen atoms in total. The molecule has 0 atom stereocenters. The zero-order valence-corrected chi connectivity index (χ0v) is 1.50. The van der Waals surface area contributed by atoms with E-state index >= 15 is 0 Å². The molecule has 0 bridgehead atoms. The van der Waals surface area contributed by atoms with Crippen molar-refractivity contribution in [3.8, 4) is 0 Å². The average Bonchev–Trinajstić information content (AvgIpc) is 0. The van der Waals surface area contributed by atoms with E-state index in [0.29, 0.717) is 0 Å². The second kappa shape index (κ2) is 17.5. The first-order valence-corrected chi connectivity index (χ1v) is 0. The molecule has 0 N–H and O–H groups in total. The largest absolute Gasteiger partial charge is 0.316 e. The van der Waals surface area contributed by atoms with E-state index in [0.717, 1.165) is 0 Å². The van der Waals surface area contributed by atoms with Crippen LogP contribution >= 0.6 is 13.5 Å². The molecule has 0 heterocycles. The van der Waals surface area contributed by atoms with E-state index in [1.807, 2.05) is 0 Å². The summed E-state index contributed by atoms with van der Waals surface area (Å²) in [4.78, 5) is 0. The zero-order chi connectivity index (χ0) is 0. The normalized spacial score (nSPS) is 0. The van der Waals surface area contributed by atoms with Gasteiger partial charge in [0, 0.05) is 0 Å². The Kier molecular flexibility index (Phi) is 135. The maximum Gasteiger partial charge on any atom is 0.316 e. The molecule has 4 heteroatoms. The van der Waals surface area contributed by atoms with Gasteiger partial charge in [0.25, 0.3) is 0 Å². The predicted octanol–water partition coefficient (Wildman–Crippen LogP) is -3.17. The van der Waals surface area contributed by atoms with Gasteiger partial charge in [-0.05, 0) is 11.0 Å². The van der Waals surface area contributed by atoms with Crippen molar-refractivity contribution in [3.05, 3.63) is 0 Å². The van der Waals surface area contributed by atoms with E-state index in [-0.39, 0.29) is 85.3 Å². The molecule has 24 valence electrons. The van der Waals surface area contributed by atoms with Gasteiger partial charge >= 0.3 is 60.8 Å². The molecule has 0 aliphatic carbocycles. The summed E-state index contributed by atoms with van der Waals surface area (Å²) >= 11 is 0. The summed E-state index contributed by atoms with van der Waals surface area (Å²) in [6.07, 6.45) is 0. The third kappa shape index (κ3) is 8.82. The van der Waals surface area contributed by atoms with Gasteiger partial charge in [-0.2, -0.15) is 13.5 Å². The molecular formula is H10CaMgSSi. The van der Waals surface area contributed by atoms with Gasteiger partial charge in [0.2, 0.25) is 0 Å². The summed E-state index contributed by atoms with van der Waals surface area (Å²) in [5, 5.41) is 0. The number of hydrogen-bond donors (Lipinski definition) is 0. The monoisotopic (exact) mass is 134 g/mol. The molecule has 4 heavy (non-hydrogen) atoms. The Morgan fingerprint density at radius 2 is 1.00 bits per heavy atom. The number of hydrogen-bond acceptors (Lipinski definition) is 0. The van der Waals surface area contributed by atoms with E-state index in [2.05, 4.69) is 0 Å². The van der Waals surface area contributed by atoms with Crippen molar-refractivity contribution in [2.75, 3.05) is 0 Å². The Labute approximate surface area is 83.7 Å². The smallest absolute Gasteiger partial charge is 0.0149 e. The topological polar surface area (TPSA) is 0 Å². The summed E-state index contributed by atoms with van der Waals surface area (Å²) in [6.45, 7) is 0. The van der Waals surface area contributed by atoms with Crippen LogP contribution in [0.15, 0.2) is 0 Å². The van der Waals surface area contributed by atoms with Crippen molar-refractivity contribution in [1.29, 1.82) is 0 Å². The van der Waals surface area contributed by atoms with E-state index in [9.17, 15) is 0 Å². The van der Waals surface area contributed by atoms with Crippen LogP contribution in [0.4, 0.5) is 0 Å². The third-order valence-corrected chi connectivity index (χ3v) is 0. The Hall–Kier alpha value is 2.59. The summed E-state index contributed by atoms with van der Waals surface area (Å²) < 4.78 is 0. The van der Waals surface area contributed by atoms with Crippen molar-refractivity contribution in [2.24, 2.45) is 0 Å². The van der Waals surface area contributed by atoms with Gasteiger partial charge in [-0.1, -0.05) is 0 Å². The summed E-state index contributed by atoms with van der Waals surface area (Å²) in [7, 11) is 0. The second-order valence-electron chi connectivity index (χ2n) is 0. The fourth-order valence-electron chi connectivity index (χ4n) is 0. The van der Waals surface area contributed by atoms with Gasteiger partial charge in [0.1, 0.15) is 0 Å². The Balaban J connectivity index is 0. The molecule has 0 rings (SSSR count). The fourth-order valence-corrected chi connectivity index (χ4v) is 0. The van der Waals surface area contributed by atoms with Crippen LogP contribution in [0.25, 0.3) is 0 Å². The molecule has 0 fully saturated rings. The first kappa shape index (κ1) is 30.7. The molecule has 0 aliphatic rings. The van der Waals surface area contributed by atoms with E-state index in [1.165, 1.54) is 0 Å². The summed E-state index contributed by atoms with van der Waals surface area (Å²) in [6, 6.07) is 0. The van der Waals surface area contributed by atoms with Crippen LogP contribution < -0.4 is 0 Å². The van der Waals surface area contributed by atoms with Crippen LogP contribution in [0.2, 0.25) is 0 Å². The van der Waals surface area contributed by atoms with Crippen molar-refractivity contribution < 1.29 is 0 Å². The molecule has 0 saturated heterocycles. The minimum atomic E-state index is 0. The molecule has 0 unspecified atom stereocenters. The Morgan fingerprint density at radius 1 is 1.00 bits per heavy atom. The van der Waals surface area contributed by atoms with Crippen molar-refractivity contribution in [3.63, 3.8) is 0 Å². The molecule has 0 aromatic carbocycles. The fraction of sp³-hybridized carbons (Fsp3) is 0.